The molecule has 162 valence electrons. The van der Waals surface area contributed by atoms with Gasteiger partial charge in [0, 0.05) is 12.1 Å². The van der Waals surface area contributed by atoms with Gasteiger partial charge < -0.3 is 5.32 Å². The molecule has 0 fully saturated rings. The molecule has 30 heavy (non-hydrogen) atoms. The molecule has 2 aromatic carbocycles. The number of alkyl halides is 3. The van der Waals surface area contributed by atoms with E-state index in [-0.39, 0.29) is 5.69 Å². The molecular weight excluding hydrogens is 427 g/mol. The number of carbonyl (C=O) groups excluding carboxylic acids is 1. The van der Waals surface area contributed by atoms with E-state index in [9.17, 15) is 36.5 Å². The van der Waals surface area contributed by atoms with Gasteiger partial charge in [-0.15, -0.1) is 0 Å². The van der Waals surface area contributed by atoms with Gasteiger partial charge in [0.05, 0.1) is 28.1 Å². The molecule has 0 heterocycles. The van der Waals surface area contributed by atoms with Crippen molar-refractivity contribution in [3.8, 4) is 0 Å². The molecule has 0 unspecified atom stereocenters. The SMILES string of the molecule is Cc1ccc([N+](=O)[O-])cc1N([C@H](C)C(=O)Nc1ccccc1C(F)(F)F)S(C)(=O)=O. The van der Waals surface area contributed by atoms with Crippen LogP contribution in [0.25, 0.3) is 0 Å². The molecule has 1 amide bonds. The van der Waals surface area contributed by atoms with Gasteiger partial charge in [-0.1, -0.05) is 18.2 Å². The Kier molecular flexibility index (Phi) is 6.40. The van der Waals surface area contributed by atoms with Gasteiger partial charge in [-0.05, 0) is 31.5 Å². The normalized spacial score (nSPS) is 12.9. The Morgan fingerprint density at radius 1 is 1.20 bits per heavy atom. The third kappa shape index (κ3) is 5.06. The molecule has 8 nitrogen and oxygen atoms in total. The van der Waals surface area contributed by atoms with Crippen molar-refractivity contribution >= 4 is 33.0 Å². The van der Waals surface area contributed by atoms with Gasteiger partial charge in [-0.25, -0.2) is 8.42 Å². The number of hydrogen-bond acceptors (Lipinski definition) is 5. The van der Waals surface area contributed by atoms with Crippen LogP contribution < -0.4 is 9.62 Å². The van der Waals surface area contributed by atoms with Crippen molar-refractivity contribution in [3.05, 3.63) is 63.7 Å². The molecule has 0 aromatic heterocycles. The smallest absolute Gasteiger partial charge is 0.324 e. The number of nitrogens with one attached hydrogen (secondary N) is 1. The van der Waals surface area contributed by atoms with Crippen LogP contribution in [-0.4, -0.2) is 31.5 Å². The molecule has 0 saturated heterocycles. The number of rotatable bonds is 6. The highest BCUT2D eigenvalue weighted by Crippen LogP contribution is 2.35. The lowest BCUT2D eigenvalue weighted by Crippen LogP contribution is -2.45. The highest BCUT2D eigenvalue weighted by molar-refractivity contribution is 7.92. The van der Waals surface area contributed by atoms with Gasteiger partial charge in [-0.3, -0.25) is 19.2 Å². The molecule has 0 aliphatic carbocycles. The van der Waals surface area contributed by atoms with E-state index in [0.717, 1.165) is 30.5 Å². The number of para-hydroxylation sites is 1. The minimum absolute atomic E-state index is 0.126. The number of non-ortho nitro benzene ring substituents is 1. The van der Waals surface area contributed by atoms with Crippen LogP contribution in [0.4, 0.5) is 30.2 Å². The Balaban J connectivity index is 2.48. The minimum Gasteiger partial charge on any atom is -0.324 e. The zero-order chi connectivity index (χ0) is 22.9. The van der Waals surface area contributed by atoms with E-state index in [4.69, 9.17) is 0 Å². The van der Waals surface area contributed by atoms with E-state index in [0.29, 0.717) is 9.87 Å². The number of amides is 1. The van der Waals surface area contributed by atoms with E-state index in [2.05, 4.69) is 5.32 Å². The average Bonchev–Trinajstić information content (AvgIpc) is 2.61. The first-order valence-electron chi connectivity index (χ1n) is 8.45. The molecule has 0 saturated carbocycles. The molecule has 0 spiro atoms. The number of nitro groups is 1. The zero-order valence-corrected chi connectivity index (χ0v) is 16.9. The lowest BCUT2D eigenvalue weighted by molar-refractivity contribution is -0.384. The molecule has 12 heteroatoms. The second-order valence-corrected chi connectivity index (χ2v) is 8.35. The predicted molar refractivity (Wildman–Crippen MR) is 105 cm³/mol. The zero-order valence-electron chi connectivity index (χ0n) is 16.1. The molecule has 0 bridgehead atoms. The van der Waals surface area contributed by atoms with Crippen molar-refractivity contribution < 1.29 is 31.3 Å². The van der Waals surface area contributed by atoms with Crippen LogP contribution in [0.2, 0.25) is 0 Å². The first kappa shape index (κ1) is 23.1. The standard InChI is InChI=1S/C18H18F3N3O5S/c1-11-8-9-13(24(26)27)10-16(11)23(30(3,28)29)12(2)17(25)22-15-7-5-4-6-14(15)18(19,20)21/h4-10,12H,1-3H3,(H,22,25)/t12-/m1/s1. The highest BCUT2D eigenvalue weighted by Gasteiger charge is 2.35. The summed E-state index contributed by atoms with van der Waals surface area (Å²) >= 11 is 0. The van der Waals surface area contributed by atoms with Crippen LogP contribution in [0.5, 0.6) is 0 Å². The van der Waals surface area contributed by atoms with E-state index in [1.807, 2.05) is 0 Å². The Morgan fingerprint density at radius 2 is 1.80 bits per heavy atom. The second-order valence-electron chi connectivity index (χ2n) is 6.50. The third-order valence-corrected chi connectivity index (χ3v) is 5.45. The highest BCUT2D eigenvalue weighted by atomic mass is 32.2. The quantitative estimate of drug-likeness (QED) is 0.538. The van der Waals surface area contributed by atoms with Crippen molar-refractivity contribution in [2.75, 3.05) is 15.9 Å². The molecular formula is C18H18F3N3O5S. The summed E-state index contributed by atoms with van der Waals surface area (Å²) in [6.45, 7) is 2.66. The summed E-state index contributed by atoms with van der Waals surface area (Å²) in [4.78, 5) is 23.0. The summed E-state index contributed by atoms with van der Waals surface area (Å²) < 4.78 is 64.9. The Labute approximate surface area is 170 Å². The summed E-state index contributed by atoms with van der Waals surface area (Å²) in [5.74, 6) is -1.04. The van der Waals surface area contributed by atoms with Crippen molar-refractivity contribution in [1.82, 2.24) is 0 Å². The van der Waals surface area contributed by atoms with Crippen LogP contribution in [0.15, 0.2) is 42.5 Å². The van der Waals surface area contributed by atoms with Gasteiger partial charge in [0.25, 0.3) is 5.69 Å². The van der Waals surface area contributed by atoms with E-state index in [1.54, 1.807) is 0 Å². The number of carbonyl (C=O) groups is 1. The third-order valence-electron chi connectivity index (χ3n) is 4.22. The minimum atomic E-state index is -4.74. The maximum atomic E-state index is 13.2. The van der Waals surface area contributed by atoms with Gasteiger partial charge >= 0.3 is 6.18 Å². The first-order valence-corrected chi connectivity index (χ1v) is 10.3. The number of nitro benzene ring substituents is 1. The molecule has 0 aliphatic heterocycles. The molecule has 0 radical (unpaired) electrons. The van der Waals surface area contributed by atoms with Crippen molar-refractivity contribution in [1.29, 1.82) is 0 Å². The number of hydrogen-bond donors (Lipinski definition) is 1. The fraction of sp³-hybridized carbons (Fsp3) is 0.278. The van der Waals surface area contributed by atoms with Crippen LogP contribution in [-0.2, 0) is 21.0 Å². The number of sulfonamides is 1. The predicted octanol–water partition coefficient (Wildman–Crippen LogP) is 3.72. The average molecular weight is 445 g/mol. The monoisotopic (exact) mass is 445 g/mol. The van der Waals surface area contributed by atoms with Crippen LogP contribution in [0, 0.1) is 17.0 Å². The van der Waals surface area contributed by atoms with Crippen molar-refractivity contribution in [3.63, 3.8) is 0 Å². The topological polar surface area (TPSA) is 110 Å². The maximum Gasteiger partial charge on any atom is 0.418 e. The van der Waals surface area contributed by atoms with E-state index < -0.39 is 50.0 Å². The fourth-order valence-electron chi connectivity index (χ4n) is 2.81. The fourth-order valence-corrected chi connectivity index (χ4v) is 4.03. The summed E-state index contributed by atoms with van der Waals surface area (Å²) in [7, 11) is -4.13. The Hall–Kier alpha value is -3.15. The first-order chi connectivity index (χ1) is 13.7. The summed E-state index contributed by atoms with van der Waals surface area (Å²) in [5.41, 5.74) is -1.84. The van der Waals surface area contributed by atoms with Gasteiger partial charge in [0.2, 0.25) is 15.9 Å². The number of aryl methyl sites for hydroxylation is 1. The number of anilines is 2. The Morgan fingerprint density at radius 3 is 2.33 bits per heavy atom. The summed E-state index contributed by atoms with van der Waals surface area (Å²) in [6, 6.07) is 6.23. The van der Waals surface area contributed by atoms with Gasteiger partial charge in [0.1, 0.15) is 6.04 Å². The molecule has 1 N–H and O–H groups in total. The summed E-state index contributed by atoms with van der Waals surface area (Å²) in [6.07, 6.45) is -3.95. The molecule has 1 atom stereocenters. The molecule has 2 rings (SSSR count). The number of benzene rings is 2. The van der Waals surface area contributed by atoms with Gasteiger partial charge in [0.15, 0.2) is 0 Å². The number of nitrogens with zero attached hydrogens (tertiary/aromatic N) is 2. The number of halogens is 3. The molecule has 0 aliphatic rings. The molecule has 2 aromatic rings. The lowest BCUT2D eigenvalue weighted by Gasteiger charge is -2.29. The summed E-state index contributed by atoms with van der Waals surface area (Å²) in [5, 5.41) is 13.2. The van der Waals surface area contributed by atoms with Crippen molar-refractivity contribution in [2.24, 2.45) is 0 Å². The van der Waals surface area contributed by atoms with Crippen LogP contribution >= 0.6 is 0 Å². The lowest BCUT2D eigenvalue weighted by atomic mass is 10.1. The van der Waals surface area contributed by atoms with Crippen LogP contribution in [0.1, 0.15) is 18.1 Å². The van der Waals surface area contributed by atoms with E-state index >= 15 is 0 Å². The van der Waals surface area contributed by atoms with Crippen LogP contribution in [0.3, 0.4) is 0 Å². The second kappa shape index (κ2) is 8.30. The maximum absolute atomic E-state index is 13.2. The Bertz CT molecular complexity index is 1090. The van der Waals surface area contributed by atoms with E-state index in [1.165, 1.54) is 32.0 Å². The largest absolute Gasteiger partial charge is 0.418 e. The van der Waals surface area contributed by atoms with Crippen molar-refractivity contribution in [2.45, 2.75) is 26.1 Å². The van der Waals surface area contributed by atoms with Gasteiger partial charge in [-0.2, -0.15) is 13.2 Å².